The zero-order chi connectivity index (χ0) is 17.4. The Morgan fingerprint density at radius 3 is 2.56 bits per heavy atom. The van der Waals surface area contributed by atoms with E-state index in [4.69, 9.17) is 23.2 Å². The van der Waals surface area contributed by atoms with Crippen molar-refractivity contribution in [2.45, 2.75) is 44.3 Å². The summed E-state index contributed by atoms with van der Waals surface area (Å²) in [6.07, 6.45) is 2.76. The van der Waals surface area contributed by atoms with E-state index in [1.54, 1.807) is 6.07 Å². The summed E-state index contributed by atoms with van der Waals surface area (Å²) in [5.41, 5.74) is 4.31. The lowest BCUT2D eigenvalue weighted by Gasteiger charge is -2.41. The lowest BCUT2D eigenvalue weighted by molar-refractivity contribution is -0.130. The van der Waals surface area contributed by atoms with Gasteiger partial charge in [-0.05, 0) is 47.2 Å². The third-order valence-electron chi connectivity index (χ3n) is 5.47. The minimum Gasteiger partial charge on any atom is -0.351 e. The number of carbonyl (C=O) groups excluding carboxylic acids is 1. The standard InChI is InChI=1S/C20H20Cl2N2O/c21-17-5-4-16(9-18(17)22)20(6-1-7-20)19(25)24-10-13-2-3-14-11-23-12-15(14)8-13/h2-5,8-9,23H,1,6-7,10-12H2,(H,24,25). The summed E-state index contributed by atoms with van der Waals surface area (Å²) in [6, 6.07) is 12.0. The van der Waals surface area contributed by atoms with E-state index in [0.29, 0.717) is 16.6 Å². The first-order valence-electron chi connectivity index (χ1n) is 8.64. The predicted octanol–water partition coefficient (Wildman–Crippen LogP) is 4.33. The van der Waals surface area contributed by atoms with Crippen LogP contribution in [-0.4, -0.2) is 5.91 Å². The van der Waals surface area contributed by atoms with E-state index in [0.717, 1.165) is 43.5 Å². The van der Waals surface area contributed by atoms with E-state index < -0.39 is 5.41 Å². The minimum atomic E-state index is -0.466. The molecule has 1 aliphatic carbocycles. The summed E-state index contributed by atoms with van der Waals surface area (Å²) in [7, 11) is 0. The van der Waals surface area contributed by atoms with Crippen molar-refractivity contribution in [2.75, 3.05) is 0 Å². The van der Waals surface area contributed by atoms with Crippen LogP contribution < -0.4 is 10.6 Å². The van der Waals surface area contributed by atoms with Gasteiger partial charge in [0.1, 0.15) is 0 Å². The maximum atomic E-state index is 13.0. The fourth-order valence-corrected chi connectivity index (χ4v) is 4.08. The number of nitrogens with one attached hydrogen (secondary N) is 2. The minimum absolute atomic E-state index is 0.0794. The Morgan fingerprint density at radius 1 is 1.04 bits per heavy atom. The molecule has 5 heteroatoms. The van der Waals surface area contributed by atoms with E-state index in [9.17, 15) is 4.79 Å². The molecule has 0 unspecified atom stereocenters. The van der Waals surface area contributed by atoms with Gasteiger partial charge in [0, 0.05) is 19.6 Å². The molecule has 2 aliphatic rings. The van der Waals surface area contributed by atoms with Gasteiger partial charge in [0.15, 0.2) is 0 Å². The largest absolute Gasteiger partial charge is 0.351 e. The smallest absolute Gasteiger partial charge is 0.230 e. The molecule has 0 atom stereocenters. The second kappa shape index (κ2) is 6.64. The second-order valence-electron chi connectivity index (χ2n) is 6.95. The van der Waals surface area contributed by atoms with Gasteiger partial charge < -0.3 is 10.6 Å². The van der Waals surface area contributed by atoms with Crippen molar-refractivity contribution in [3.8, 4) is 0 Å². The quantitative estimate of drug-likeness (QED) is 0.835. The van der Waals surface area contributed by atoms with E-state index in [1.807, 2.05) is 12.1 Å². The van der Waals surface area contributed by atoms with Crippen molar-refractivity contribution in [1.29, 1.82) is 0 Å². The zero-order valence-electron chi connectivity index (χ0n) is 13.9. The molecule has 2 N–H and O–H groups in total. The van der Waals surface area contributed by atoms with Gasteiger partial charge in [-0.1, -0.05) is 53.9 Å². The number of amides is 1. The fraction of sp³-hybridized carbons (Fsp3) is 0.350. The number of hydrogen-bond acceptors (Lipinski definition) is 2. The number of halogens is 2. The van der Waals surface area contributed by atoms with Crippen LogP contribution in [0.3, 0.4) is 0 Å². The van der Waals surface area contributed by atoms with Crippen molar-refractivity contribution in [2.24, 2.45) is 0 Å². The molecule has 1 heterocycles. The van der Waals surface area contributed by atoms with Gasteiger partial charge >= 0.3 is 0 Å². The highest BCUT2D eigenvalue weighted by Gasteiger charge is 2.45. The number of benzene rings is 2. The summed E-state index contributed by atoms with van der Waals surface area (Å²) in [5, 5.41) is 7.50. The third-order valence-corrected chi connectivity index (χ3v) is 6.21. The van der Waals surface area contributed by atoms with Crippen molar-refractivity contribution < 1.29 is 4.79 Å². The van der Waals surface area contributed by atoms with Gasteiger partial charge in [0.05, 0.1) is 15.5 Å². The average Bonchev–Trinajstić information content (AvgIpc) is 3.03. The molecule has 1 amide bonds. The fourth-order valence-electron chi connectivity index (χ4n) is 3.78. The molecule has 0 radical (unpaired) electrons. The molecule has 1 aliphatic heterocycles. The highest BCUT2D eigenvalue weighted by atomic mass is 35.5. The normalized spacial score (nSPS) is 17.7. The lowest BCUT2D eigenvalue weighted by atomic mass is 9.64. The second-order valence-corrected chi connectivity index (χ2v) is 7.77. The Bertz CT molecular complexity index is 830. The molecule has 1 fully saturated rings. The Kier molecular flexibility index (Phi) is 4.48. The van der Waals surface area contributed by atoms with Crippen molar-refractivity contribution in [3.63, 3.8) is 0 Å². The number of rotatable bonds is 4. The summed E-state index contributed by atoms with van der Waals surface area (Å²) in [4.78, 5) is 13.0. The third kappa shape index (κ3) is 3.05. The van der Waals surface area contributed by atoms with Crippen LogP contribution in [0.25, 0.3) is 0 Å². The summed E-state index contributed by atoms with van der Waals surface area (Å²) in [5.74, 6) is 0.0794. The van der Waals surface area contributed by atoms with Crippen LogP contribution in [0.4, 0.5) is 0 Å². The highest BCUT2D eigenvalue weighted by Crippen LogP contribution is 2.45. The van der Waals surface area contributed by atoms with Crippen LogP contribution in [0.1, 0.15) is 41.5 Å². The predicted molar refractivity (Wildman–Crippen MR) is 101 cm³/mol. The molecular formula is C20H20Cl2N2O. The van der Waals surface area contributed by atoms with Crippen LogP contribution in [-0.2, 0) is 29.8 Å². The van der Waals surface area contributed by atoms with Gasteiger partial charge in [-0.15, -0.1) is 0 Å². The van der Waals surface area contributed by atoms with E-state index in [-0.39, 0.29) is 5.91 Å². The van der Waals surface area contributed by atoms with E-state index in [1.165, 1.54) is 11.1 Å². The van der Waals surface area contributed by atoms with Gasteiger partial charge in [-0.3, -0.25) is 4.79 Å². The number of carbonyl (C=O) groups is 1. The first-order valence-corrected chi connectivity index (χ1v) is 9.39. The first-order chi connectivity index (χ1) is 12.1. The van der Waals surface area contributed by atoms with Crippen LogP contribution in [0.15, 0.2) is 36.4 Å². The Morgan fingerprint density at radius 2 is 1.84 bits per heavy atom. The molecular weight excluding hydrogens is 355 g/mol. The van der Waals surface area contributed by atoms with E-state index in [2.05, 4.69) is 28.8 Å². The lowest BCUT2D eigenvalue weighted by Crippen LogP contribution is -2.49. The Hall–Kier alpha value is -1.55. The molecule has 0 spiro atoms. The molecule has 3 nitrogen and oxygen atoms in total. The van der Waals surface area contributed by atoms with Crippen LogP contribution in [0.2, 0.25) is 10.0 Å². The molecule has 0 bridgehead atoms. The van der Waals surface area contributed by atoms with Crippen LogP contribution in [0.5, 0.6) is 0 Å². The Balaban J connectivity index is 1.50. The topological polar surface area (TPSA) is 41.1 Å². The molecule has 2 aromatic carbocycles. The summed E-state index contributed by atoms with van der Waals surface area (Å²) < 4.78 is 0. The molecule has 130 valence electrons. The first kappa shape index (κ1) is 16.9. The van der Waals surface area contributed by atoms with Crippen LogP contribution in [0, 0.1) is 0 Å². The molecule has 2 aromatic rings. The number of fused-ring (bicyclic) bond motifs is 1. The Labute approximate surface area is 157 Å². The van der Waals surface area contributed by atoms with Crippen molar-refractivity contribution >= 4 is 29.1 Å². The van der Waals surface area contributed by atoms with Gasteiger partial charge in [-0.25, -0.2) is 0 Å². The molecule has 25 heavy (non-hydrogen) atoms. The van der Waals surface area contributed by atoms with Gasteiger partial charge in [-0.2, -0.15) is 0 Å². The zero-order valence-corrected chi connectivity index (χ0v) is 15.4. The maximum absolute atomic E-state index is 13.0. The summed E-state index contributed by atoms with van der Waals surface area (Å²) >= 11 is 12.2. The molecule has 0 aromatic heterocycles. The molecule has 0 saturated heterocycles. The monoisotopic (exact) mass is 374 g/mol. The summed E-state index contributed by atoms with van der Waals surface area (Å²) in [6.45, 7) is 2.39. The van der Waals surface area contributed by atoms with Crippen molar-refractivity contribution in [3.05, 3.63) is 68.7 Å². The van der Waals surface area contributed by atoms with Crippen LogP contribution >= 0.6 is 23.2 Å². The maximum Gasteiger partial charge on any atom is 0.230 e. The van der Waals surface area contributed by atoms with E-state index >= 15 is 0 Å². The molecule has 1 saturated carbocycles. The van der Waals surface area contributed by atoms with Gasteiger partial charge in [0.25, 0.3) is 0 Å². The SMILES string of the molecule is O=C(NCc1ccc2c(c1)CNC2)C1(c2ccc(Cl)c(Cl)c2)CCC1. The number of hydrogen-bond donors (Lipinski definition) is 2. The average molecular weight is 375 g/mol. The molecule has 4 rings (SSSR count). The van der Waals surface area contributed by atoms with Crippen molar-refractivity contribution in [1.82, 2.24) is 10.6 Å². The van der Waals surface area contributed by atoms with Gasteiger partial charge in [0.2, 0.25) is 5.91 Å². The highest BCUT2D eigenvalue weighted by molar-refractivity contribution is 6.42.